The summed E-state index contributed by atoms with van der Waals surface area (Å²) in [4.78, 5) is 6.61. The van der Waals surface area contributed by atoms with E-state index in [1.807, 2.05) is 24.3 Å². The number of rotatable bonds is 4. The number of hydrogen-bond donors (Lipinski definition) is 2. The number of aryl methyl sites for hydroxylation is 1. The molecule has 0 amide bonds. The number of aromatic amines is 1. The number of H-pyrrole nitrogens is 1. The van der Waals surface area contributed by atoms with Crippen LogP contribution in [0.1, 0.15) is 24.4 Å². The SMILES string of the molecule is Cc1ncc(S(=O)(=O)NC(C)c2ccc(Br)cc2)[nH]1. The largest absolute Gasteiger partial charge is 0.332 e. The van der Waals surface area contributed by atoms with E-state index in [9.17, 15) is 8.42 Å². The van der Waals surface area contributed by atoms with Crippen LogP contribution in [-0.4, -0.2) is 18.4 Å². The molecule has 2 N–H and O–H groups in total. The van der Waals surface area contributed by atoms with Crippen molar-refractivity contribution in [3.63, 3.8) is 0 Å². The summed E-state index contributed by atoms with van der Waals surface area (Å²) in [6.45, 7) is 3.50. The maximum absolute atomic E-state index is 12.1. The first-order valence-electron chi connectivity index (χ1n) is 5.68. The van der Waals surface area contributed by atoms with E-state index in [1.165, 1.54) is 6.20 Å². The zero-order valence-electron chi connectivity index (χ0n) is 10.5. The van der Waals surface area contributed by atoms with Gasteiger partial charge in [-0.05, 0) is 31.5 Å². The van der Waals surface area contributed by atoms with Gasteiger partial charge in [-0.15, -0.1) is 0 Å². The minimum Gasteiger partial charge on any atom is -0.332 e. The van der Waals surface area contributed by atoms with Gasteiger partial charge in [-0.1, -0.05) is 28.1 Å². The zero-order valence-corrected chi connectivity index (χ0v) is 12.9. The van der Waals surface area contributed by atoms with E-state index in [2.05, 4.69) is 30.6 Å². The minimum absolute atomic E-state index is 0.0777. The predicted octanol–water partition coefficient (Wildman–Crippen LogP) is 2.52. The summed E-state index contributed by atoms with van der Waals surface area (Å²) < 4.78 is 27.8. The summed E-state index contributed by atoms with van der Waals surface area (Å²) in [7, 11) is -3.58. The lowest BCUT2D eigenvalue weighted by Crippen LogP contribution is -2.27. The van der Waals surface area contributed by atoms with E-state index in [0.717, 1.165) is 10.0 Å². The highest BCUT2D eigenvalue weighted by atomic mass is 79.9. The first-order chi connectivity index (χ1) is 8.88. The van der Waals surface area contributed by atoms with E-state index in [-0.39, 0.29) is 11.1 Å². The average molecular weight is 344 g/mol. The summed E-state index contributed by atoms with van der Waals surface area (Å²) in [5.74, 6) is 0.566. The van der Waals surface area contributed by atoms with Crippen molar-refractivity contribution in [2.75, 3.05) is 0 Å². The molecule has 0 spiro atoms. The summed E-state index contributed by atoms with van der Waals surface area (Å²) in [6, 6.07) is 7.17. The maximum atomic E-state index is 12.1. The average Bonchev–Trinajstić information content (AvgIpc) is 2.77. The third kappa shape index (κ3) is 3.43. The molecule has 1 unspecified atom stereocenters. The Morgan fingerprint density at radius 1 is 1.32 bits per heavy atom. The molecule has 0 saturated carbocycles. The Morgan fingerprint density at radius 2 is 1.95 bits per heavy atom. The molecule has 0 radical (unpaired) electrons. The number of halogens is 1. The van der Waals surface area contributed by atoms with Gasteiger partial charge in [0.15, 0.2) is 5.03 Å². The second kappa shape index (κ2) is 5.44. The topological polar surface area (TPSA) is 74.8 Å². The summed E-state index contributed by atoms with van der Waals surface area (Å²) >= 11 is 3.34. The summed E-state index contributed by atoms with van der Waals surface area (Å²) in [5, 5.41) is 0.0777. The fraction of sp³-hybridized carbons (Fsp3) is 0.250. The van der Waals surface area contributed by atoms with E-state index < -0.39 is 10.0 Å². The van der Waals surface area contributed by atoms with Gasteiger partial charge in [-0.3, -0.25) is 0 Å². The lowest BCUT2D eigenvalue weighted by molar-refractivity contribution is 0.563. The fourth-order valence-corrected chi connectivity index (χ4v) is 3.12. The molecule has 5 nitrogen and oxygen atoms in total. The molecule has 7 heteroatoms. The molecular weight excluding hydrogens is 330 g/mol. The van der Waals surface area contributed by atoms with Gasteiger partial charge in [0, 0.05) is 10.5 Å². The van der Waals surface area contributed by atoms with Gasteiger partial charge in [0.25, 0.3) is 10.0 Å². The number of sulfonamides is 1. The van der Waals surface area contributed by atoms with Crippen LogP contribution in [-0.2, 0) is 10.0 Å². The van der Waals surface area contributed by atoms with Gasteiger partial charge in [0.2, 0.25) is 0 Å². The molecule has 1 atom stereocenters. The monoisotopic (exact) mass is 343 g/mol. The van der Waals surface area contributed by atoms with Gasteiger partial charge in [0.05, 0.1) is 6.20 Å². The molecule has 0 saturated heterocycles. The molecule has 2 aromatic rings. The van der Waals surface area contributed by atoms with E-state index in [1.54, 1.807) is 13.8 Å². The lowest BCUT2D eigenvalue weighted by atomic mass is 10.1. The zero-order chi connectivity index (χ0) is 14.0. The standard InChI is InChI=1S/C12H14BrN3O2S/c1-8(10-3-5-11(13)6-4-10)16-19(17,18)12-7-14-9(2)15-12/h3-8,16H,1-2H3,(H,14,15). The van der Waals surface area contributed by atoms with Gasteiger partial charge < -0.3 is 4.98 Å². The van der Waals surface area contributed by atoms with Crippen LogP contribution in [0.4, 0.5) is 0 Å². The van der Waals surface area contributed by atoms with Crippen molar-refractivity contribution in [1.29, 1.82) is 0 Å². The van der Waals surface area contributed by atoms with Crippen molar-refractivity contribution < 1.29 is 8.42 Å². The van der Waals surface area contributed by atoms with Crippen LogP contribution in [0.15, 0.2) is 40.0 Å². The second-order valence-corrected chi connectivity index (χ2v) is 6.83. The van der Waals surface area contributed by atoms with Crippen molar-refractivity contribution in [3.05, 3.63) is 46.3 Å². The van der Waals surface area contributed by atoms with Gasteiger partial charge >= 0.3 is 0 Å². The van der Waals surface area contributed by atoms with E-state index in [0.29, 0.717) is 5.82 Å². The second-order valence-electron chi connectivity index (χ2n) is 4.23. The van der Waals surface area contributed by atoms with Crippen molar-refractivity contribution in [2.24, 2.45) is 0 Å². The highest BCUT2D eigenvalue weighted by molar-refractivity contribution is 9.10. The van der Waals surface area contributed by atoms with Crippen LogP contribution in [0.25, 0.3) is 0 Å². The van der Waals surface area contributed by atoms with Crippen LogP contribution < -0.4 is 4.72 Å². The number of hydrogen-bond acceptors (Lipinski definition) is 3. The fourth-order valence-electron chi connectivity index (χ4n) is 1.65. The Hall–Kier alpha value is -1.18. The van der Waals surface area contributed by atoms with E-state index in [4.69, 9.17) is 0 Å². The highest BCUT2D eigenvalue weighted by Crippen LogP contribution is 2.18. The van der Waals surface area contributed by atoms with Crippen LogP contribution in [0.2, 0.25) is 0 Å². The first kappa shape index (κ1) is 14.2. The van der Waals surface area contributed by atoms with E-state index >= 15 is 0 Å². The first-order valence-corrected chi connectivity index (χ1v) is 7.95. The van der Waals surface area contributed by atoms with Crippen LogP contribution >= 0.6 is 15.9 Å². The van der Waals surface area contributed by atoms with Crippen LogP contribution in [0.5, 0.6) is 0 Å². The molecule has 1 aromatic heterocycles. The Kier molecular flexibility index (Phi) is 4.07. The van der Waals surface area contributed by atoms with Gasteiger partial charge in [-0.2, -0.15) is 0 Å². The normalized spacial score (nSPS) is 13.4. The smallest absolute Gasteiger partial charge is 0.258 e. The van der Waals surface area contributed by atoms with Gasteiger partial charge in [-0.25, -0.2) is 18.1 Å². The highest BCUT2D eigenvalue weighted by Gasteiger charge is 2.20. The quantitative estimate of drug-likeness (QED) is 0.895. The minimum atomic E-state index is -3.58. The molecule has 0 aliphatic rings. The molecule has 0 aliphatic carbocycles. The maximum Gasteiger partial charge on any atom is 0.258 e. The van der Waals surface area contributed by atoms with Crippen LogP contribution in [0.3, 0.4) is 0 Å². The Balaban J connectivity index is 2.18. The number of aromatic nitrogens is 2. The molecule has 19 heavy (non-hydrogen) atoms. The predicted molar refractivity (Wildman–Crippen MR) is 76.2 cm³/mol. The van der Waals surface area contributed by atoms with Crippen LogP contribution in [0, 0.1) is 6.92 Å². The molecule has 0 aliphatic heterocycles. The number of imidazole rings is 1. The summed E-state index contributed by atoms with van der Waals surface area (Å²) in [5.41, 5.74) is 0.892. The molecular formula is C12H14BrN3O2S. The third-order valence-electron chi connectivity index (χ3n) is 2.67. The van der Waals surface area contributed by atoms with Crippen molar-refractivity contribution >= 4 is 26.0 Å². The number of benzene rings is 1. The lowest BCUT2D eigenvalue weighted by Gasteiger charge is -2.13. The Bertz CT molecular complexity index is 665. The molecule has 0 fully saturated rings. The molecule has 2 rings (SSSR count). The summed E-state index contributed by atoms with van der Waals surface area (Å²) in [6.07, 6.45) is 1.31. The van der Waals surface area contributed by atoms with Crippen molar-refractivity contribution in [3.8, 4) is 0 Å². The Morgan fingerprint density at radius 3 is 2.47 bits per heavy atom. The van der Waals surface area contributed by atoms with Crippen molar-refractivity contribution in [1.82, 2.24) is 14.7 Å². The molecule has 1 heterocycles. The van der Waals surface area contributed by atoms with Gasteiger partial charge in [0.1, 0.15) is 5.82 Å². The third-order valence-corrected chi connectivity index (χ3v) is 4.65. The van der Waals surface area contributed by atoms with Crippen molar-refractivity contribution in [2.45, 2.75) is 24.9 Å². The number of nitrogens with one attached hydrogen (secondary N) is 2. The Labute approximate surface area is 120 Å². The molecule has 0 bridgehead atoms. The molecule has 1 aromatic carbocycles. The molecule has 102 valence electrons. The number of nitrogens with zero attached hydrogens (tertiary/aromatic N) is 1.